The molecule has 19 heavy (non-hydrogen) atoms. The molecule has 2 aliphatic rings. The highest BCUT2D eigenvalue weighted by molar-refractivity contribution is 5.54. The van der Waals surface area contributed by atoms with Gasteiger partial charge in [-0.05, 0) is 57.9 Å². The number of rotatable bonds is 2. The van der Waals surface area contributed by atoms with E-state index in [-0.39, 0.29) is 0 Å². The summed E-state index contributed by atoms with van der Waals surface area (Å²) < 4.78 is 1.95. The predicted molar refractivity (Wildman–Crippen MR) is 79.1 cm³/mol. The summed E-state index contributed by atoms with van der Waals surface area (Å²) in [5.41, 5.74) is 1.09. The molecule has 0 aromatic carbocycles. The van der Waals surface area contributed by atoms with Gasteiger partial charge in [-0.1, -0.05) is 13.8 Å². The van der Waals surface area contributed by atoms with E-state index in [1.807, 2.05) is 37.7 Å². The molecule has 3 heteroatoms. The maximum absolute atomic E-state index is 10.2. The molecule has 2 atom stereocenters. The van der Waals surface area contributed by atoms with Crippen LogP contribution in [0.2, 0.25) is 0 Å². The molecule has 3 rings (SSSR count). The van der Waals surface area contributed by atoms with Crippen LogP contribution < -0.4 is 0 Å². The lowest BCUT2D eigenvalue weighted by Crippen LogP contribution is -2.00. The molecular weight excluding hydrogens is 236 g/mol. The number of nitrogens with zero attached hydrogens (tertiary/aromatic N) is 2. The number of hydrogen-bond acceptors (Lipinski definition) is 2. The maximum atomic E-state index is 10.2. The van der Waals surface area contributed by atoms with Crippen molar-refractivity contribution < 1.29 is 4.79 Å². The molecule has 0 radical (unpaired) electrons. The molecule has 0 spiro atoms. The molecule has 1 aromatic heterocycles. The first-order valence-corrected chi connectivity index (χ1v) is 7.57. The number of aldehydes is 1. The van der Waals surface area contributed by atoms with Crippen molar-refractivity contribution >= 4 is 6.29 Å². The highest BCUT2D eigenvalue weighted by atomic mass is 16.1. The van der Waals surface area contributed by atoms with Gasteiger partial charge in [-0.3, -0.25) is 4.68 Å². The first-order valence-electron chi connectivity index (χ1n) is 7.57. The third-order valence-electron chi connectivity index (χ3n) is 3.74. The zero-order valence-corrected chi connectivity index (χ0v) is 13.0. The lowest BCUT2D eigenvalue weighted by atomic mass is 10.1. The van der Waals surface area contributed by atoms with Crippen LogP contribution >= 0.6 is 0 Å². The van der Waals surface area contributed by atoms with Crippen LogP contribution in [-0.2, 0) is 4.79 Å². The first kappa shape index (κ1) is 15.9. The van der Waals surface area contributed by atoms with Gasteiger partial charge in [0.2, 0.25) is 0 Å². The average molecular weight is 264 g/mol. The molecule has 1 aromatic rings. The van der Waals surface area contributed by atoms with E-state index in [2.05, 4.69) is 18.9 Å². The Morgan fingerprint density at radius 2 is 1.84 bits per heavy atom. The summed E-state index contributed by atoms with van der Waals surface area (Å²) in [6, 6.07) is 2.50. The molecule has 0 bridgehead atoms. The molecule has 0 N–H and O–H groups in total. The monoisotopic (exact) mass is 264 g/mol. The first-order chi connectivity index (χ1) is 9.10. The lowest BCUT2D eigenvalue weighted by molar-refractivity contribution is -0.111. The topological polar surface area (TPSA) is 34.9 Å². The predicted octanol–water partition coefficient (Wildman–Crippen LogP) is 4.03. The molecule has 2 aliphatic carbocycles. The molecular formula is C16H28N2O. The second kappa shape index (κ2) is 7.46. The molecule has 1 heterocycles. The summed E-state index contributed by atoms with van der Waals surface area (Å²) in [4.78, 5) is 10.2. The van der Waals surface area contributed by atoms with E-state index < -0.39 is 0 Å². The summed E-state index contributed by atoms with van der Waals surface area (Å²) >= 11 is 0. The van der Waals surface area contributed by atoms with Gasteiger partial charge in [0.1, 0.15) is 6.29 Å². The van der Waals surface area contributed by atoms with Crippen LogP contribution in [0.1, 0.15) is 58.7 Å². The molecule has 2 unspecified atom stereocenters. The third-order valence-corrected chi connectivity index (χ3v) is 3.74. The number of aryl methyl sites for hydroxylation is 1. The minimum Gasteiger partial charge on any atom is -0.303 e. The lowest BCUT2D eigenvalue weighted by Gasteiger charge is -2.02. The molecule has 2 fully saturated rings. The summed E-state index contributed by atoms with van der Waals surface area (Å²) in [5.74, 6) is 2.37. The largest absolute Gasteiger partial charge is 0.303 e. The van der Waals surface area contributed by atoms with Gasteiger partial charge in [0, 0.05) is 18.2 Å². The van der Waals surface area contributed by atoms with E-state index in [1.54, 1.807) is 0 Å². The number of carbonyl (C=O) groups excluding carboxylic acids is 1. The Balaban J connectivity index is 0.000000169. The summed E-state index contributed by atoms with van der Waals surface area (Å²) in [6.07, 6.45) is 6.96. The van der Waals surface area contributed by atoms with Gasteiger partial charge in [0.25, 0.3) is 0 Å². The fourth-order valence-electron chi connectivity index (χ4n) is 2.59. The quantitative estimate of drug-likeness (QED) is 0.756. The van der Waals surface area contributed by atoms with Crippen LogP contribution in [0.5, 0.6) is 0 Å². The van der Waals surface area contributed by atoms with Crippen molar-refractivity contribution in [3.63, 3.8) is 0 Å². The van der Waals surface area contributed by atoms with E-state index in [0.29, 0.717) is 12.0 Å². The third kappa shape index (κ3) is 4.81. The normalized spacial score (nSPS) is 26.7. The van der Waals surface area contributed by atoms with E-state index in [9.17, 15) is 4.79 Å². The molecule has 0 aliphatic heterocycles. The zero-order valence-electron chi connectivity index (χ0n) is 13.0. The van der Waals surface area contributed by atoms with Crippen molar-refractivity contribution in [3.05, 3.63) is 18.0 Å². The Morgan fingerprint density at radius 1 is 1.26 bits per heavy atom. The van der Waals surface area contributed by atoms with E-state index in [0.717, 1.165) is 23.8 Å². The van der Waals surface area contributed by atoms with Crippen LogP contribution in [0.4, 0.5) is 0 Å². The Labute approximate surface area is 117 Å². The summed E-state index contributed by atoms with van der Waals surface area (Å²) in [7, 11) is 0. The number of hydrogen-bond donors (Lipinski definition) is 0. The molecule has 3 nitrogen and oxygen atoms in total. The molecule has 108 valence electrons. The Hall–Kier alpha value is -1.12. The Bertz CT molecular complexity index is 374. The van der Waals surface area contributed by atoms with Crippen LogP contribution in [0.25, 0.3) is 0 Å². The van der Waals surface area contributed by atoms with E-state index in [1.165, 1.54) is 19.3 Å². The van der Waals surface area contributed by atoms with Crippen LogP contribution in [0.3, 0.4) is 0 Å². The van der Waals surface area contributed by atoms with Gasteiger partial charge in [0.15, 0.2) is 0 Å². The van der Waals surface area contributed by atoms with Crippen molar-refractivity contribution in [1.29, 1.82) is 0 Å². The fraction of sp³-hybridized carbons (Fsp3) is 0.750. The Morgan fingerprint density at radius 3 is 2.11 bits per heavy atom. The van der Waals surface area contributed by atoms with Crippen molar-refractivity contribution in [3.8, 4) is 0 Å². The SMILES string of the molecule is CC.Cc1ccn(C(C)C)n1.O=CC1CC2CC2C1. The van der Waals surface area contributed by atoms with Crippen molar-refractivity contribution in [2.45, 2.75) is 59.9 Å². The smallest absolute Gasteiger partial charge is 0.123 e. The average Bonchev–Trinajstić information content (AvgIpc) is 2.83. The standard InChI is InChI=1S/C7H12N2.C7H10O.C2H6/c1-6(2)9-5-4-7(3)8-9;8-4-5-1-6-3-7(6)2-5;1-2/h4-6H,1-3H3;4-7H,1-3H2;1-2H3. The van der Waals surface area contributed by atoms with Crippen LogP contribution in [0, 0.1) is 24.7 Å². The molecule has 0 amide bonds. The molecule has 0 saturated heterocycles. The van der Waals surface area contributed by atoms with Gasteiger partial charge >= 0.3 is 0 Å². The number of carbonyl (C=O) groups is 1. The molecule has 2 saturated carbocycles. The van der Waals surface area contributed by atoms with E-state index in [4.69, 9.17) is 0 Å². The minimum atomic E-state index is 0.443. The van der Waals surface area contributed by atoms with Gasteiger partial charge in [-0.2, -0.15) is 5.10 Å². The number of fused-ring (bicyclic) bond motifs is 1. The van der Waals surface area contributed by atoms with Crippen molar-refractivity contribution in [1.82, 2.24) is 9.78 Å². The van der Waals surface area contributed by atoms with Crippen molar-refractivity contribution in [2.75, 3.05) is 0 Å². The summed E-state index contributed by atoms with van der Waals surface area (Å²) in [5, 5.41) is 4.23. The minimum absolute atomic E-state index is 0.443. The van der Waals surface area contributed by atoms with E-state index >= 15 is 0 Å². The number of aromatic nitrogens is 2. The van der Waals surface area contributed by atoms with Gasteiger partial charge in [-0.25, -0.2) is 0 Å². The highest BCUT2D eigenvalue weighted by Gasteiger charge is 2.45. The van der Waals surface area contributed by atoms with Gasteiger partial charge in [-0.15, -0.1) is 0 Å². The summed E-state index contributed by atoms with van der Waals surface area (Å²) in [6.45, 7) is 10.2. The van der Waals surface area contributed by atoms with Gasteiger partial charge < -0.3 is 4.79 Å². The fourth-order valence-corrected chi connectivity index (χ4v) is 2.59. The highest BCUT2D eigenvalue weighted by Crippen LogP contribution is 2.53. The Kier molecular flexibility index (Phi) is 6.26. The van der Waals surface area contributed by atoms with Gasteiger partial charge in [0.05, 0.1) is 5.69 Å². The van der Waals surface area contributed by atoms with Crippen molar-refractivity contribution in [2.24, 2.45) is 17.8 Å². The second-order valence-electron chi connectivity index (χ2n) is 5.65. The van der Waals surface area contributed by atoms with Crippen LogP contribution in [-0.4, -0.2) is 16.1 Å². The maximum Gasteiger partial charge on any atom is 0.123 e. The van der Waals surface area contributed by atoms with Crippen LogP contribution in [0.15, 0.2) is 12.3 Å². The zero-order chi connectivity index (χ0) is 14.4. The second-order valence-corrected chi connectivity index (χ2v) is 5.65.